The van der Waals surface area contributed by atoms with Crippen molar-refractivity contribution in [1.29, 1.82) is 0 Å². The Morgan fingerprint density at radius 2 is 2.04 bits per heavy atom. The van der Waals surface area contributed by atoms with Crippen LogP contribution in [0.5, 0.6) is 0 Å². The minimum atomic E-state index is -4.64. The number of benzene rings is 1. The van der Waals surface area contributed by atoms with E-state index in [0.717, 1.165) is 0 Å². The number of hydrogen-bond acceptors (Lipinski definition) is 5. The topological polar surface area (TPSA) is 102 Å². The molecule has 0 saturated heterocycles. The first-order chi connectivity index (χ1) is 11.4. The predicted molar refractivity (Wildman–Crippen MR) is 86.2 cm³/mol. The largest absolute Gasteiger partial charge is 0.465 e. The lowest BCUT2D eigenvalue weighted by molar-refractivity contribution is -0.148. The third-order valence-corrected chi connectivity index (χ3v) is 4.28. The monoisotopic (exact) mass is 353 g/mol. The molecule has 0 fully saturated rings. The fraction of sp³-hybridized carbons (Fsp3) is 0.333. The van der Waals surface area contributed by atoms with Gasteiger partial charge in [-0.2, -0.15) is 17.8 Å². The SMILES string of the molecule is CCOC(=O)[C@H](Cn1cccn1)N(Cc1ccccc1)S(=O)(=O)O. The van der Waals surface area contributed by atoms with E-state index in [0.29, 0.717) is 9.87 Å². The lowest BCUT2D eigenvalue weighted by Crippen LogP contribution is -2.47. The smallest absolute Gasteiger partial charge is 0.337 e. The number of carbonyl (C=O) groups is 1. The first kappa shape index (κ1) is 18.1. The molecule has 1 aromatic carbocycles. The minimum Gasteiger partial charge on any atom is -0.465 e. The molecule has 0 radical (unpaired) electrons. The predicted octanol–water partition coefficient (Wildman–Crippen LogP) is 1.12. The van der Waals surface area contributed by atoms with Gasteiger partial charge >= 0.3 is 16.3 Å². The second-order valence-corrected chi connectivity index (χ2v) is 6.37. The number of ether oxygens (including phenoxy) is 1. The summed E-state index contributed by atoms with van der Waals surface area (Å²) in [5.74, 6) is -0.749. The minimum absolute atomic E-state index is 0.0710. The molecule has 2 rings (SSSR count). The first-order valence-corrected chi connectivity index (χ1v) is 8.73. The van der Waals surface area contributed by atoms with Crippen LogP contribution in [0.15, 0.2) is 48.8 Å². The number of nitrogens with zero attached hydrogens (tertiary/aromatic N) is 3. The van der Waals surface area contributed by atoms with Gasteiger partial charge in [0.1, 0.15) is 6.04 Å². The third-order valence-electron chi connectivity index (χ3n) is 3.30. The normalized spacial score (nSPS) is 13.0. The zero-order valence-corrected chi connectivity index (χ0v) is 14.0. The standard InChI is InChI=1S/C15H19N3O5S/c1-2-23-15(19)14(12-17-10-6-9-16-17)18(24(20,21)22)11-13-7-4-3-5-8-13/h3-10,14H,2,11-12H2,1H3,(H,20,21,22)/t14-/m0/s1. The summed E-state index contributed by atoms with van der Waals surface area (Å²) >= 11 is 0. The maximum absolute atomic E-state index is 12.3. The van der Waals surface area contributed by atoms with Crippen LogP contribution in [0.3, 0.4) is 0 Å². The summed E-state index contributed by atoms with van der Waals surface area (Å²) in [7, 11) is -4.64. The molecule has 0 amide bonds. The van der Waals surface area contributed by atoms with E-state index >= 15 is 0 Å². The van der Waals surface area contributed by atoms with Crippen LogP contribution >= 0.6 is 0 Å². The molecule has 1 N–H and O–H groups in total. The van der Waals surface area contributed by atoms with E-state index in [9.17, 15) is 17.8 Å². The van der Waals surface area contributed by atoms with Gasteiger partial charge in [0.05, 0.1) is 13.2 Å². The molecule has 24 heavy (non-hydrogen) atoms. The van der Waals surface area contributed by atoms with Gasteiger partial charge in [-0.3, -0.25) is 14.0 Å². The second kappa shape index (κ2) is 8.04. The molecule has 0 saturated carbocycles. The molecule has 1 aromatic heterocycles. The summed E-state index contributed by atoms with van der Waals surface area (Å²) in [6.07, 6.45) is 3.11. The Morgan fingerprint density at radius 1 is 1.33 bits per heavy atom. The number of esters is 1. The zero-order valence-electron chi connectivity index (χ0n) is 13.1. The van der Waals surface area contributed by atoms with Gasteiger partial charge in [0.25, 0.3) is 0 Å². The Labute approximate surface area is 140 Å². The van der Waals surface area contributed by atoms with Crippen molar-refractivity contribution in [3.63, 3.8) is 0 Å². The number of aromatic nitrogens is 2. The van der Waals surface area contributed by atoms with E-state index in [2.05, 4.69) is 5.10 Å². The molecule has 8 nitrogen and oxygen atoms in total. The molecule has 0 aliphatic carbocycles. The Bertz CT molecular complexity index is 747. The molecule has 0 unspecified atom stereocenters. The Hall–Kier alpha value is -2.23. The maximum atomic E-state index is 12.3. The van der Waals surface area contributed by atoms with Crippen molar-refractivity contribution in [3.8, 4) is 0 Å². The van der Waals surface area contributed by atoms with E-state index in [4.69, 9.17) is 4.74 Å². The van der Waals surface area contributed by atoms with Crippen molar-refractivity contribution < 1.29 is 22.5 Å². The fourth-order valence-electron chi connectivity index (χ4n) is 2.22. The van der Waals surface area contributed by atoms with Gasteiger partial charge in [-0.25, -0.2) is 0 Å². The third kappa shape index (κ3) is 4.88. The highest BCUT2D eigenvalue weighted by Gasteiger charge is 2.35. The van der Waals surface area contributed by atoms with Gasteiger partial charge in [0.2, 0.25) is 0 Å². The van der Waals surface area contributed by atoms with Crippen molar-refractivity contribution >= 4 is 16.3 Å². The molecule has 0 aliphatic rings. The second-order valence-electron chi connectivity index (χ2n) is 5.00. The van der Waals surface area contributed by atoms with Gasteiger partial charge in [-0.05, 0) is 18.6 Å². The quantitative estimate of drug-likeness (QED) is 0.564. The lowest BCUT2D eigenvalue weighted by Gasteiger charge is -2.27. The average molecular weight is 353 g/mol. The molecular weight excluding hydrogens is 334 g/mol. The van der Waals surface area contributed by atoms with E-state index in [1.807, 2.05) is 0 Å². The van der Waals surface area contributed by atoms with Gasteiger partial charge in [-0.1, -0.05) is 30.3 Å². The van der Waals surface area contributed by atoms with Crippen LogP contribution in [0.4, 0.5) is 0 Å². The summed E-state index contributed by atoms with van der Waals surface area (Å²) in [6.45, 7) is 1.49. The molecule has 9 heteroatoms. The lowest BCUT2D eigenvalue weighted by atomic mass is 10.2. The Morgan fingerprint density at radius 3 is 2.58 bits per heavy atom. The summed E-state index contributed by atoms with van der Waals surface area (Å²) in [5, 5.41) is 3.98. The van der Waals surface area contributed by atoms with Crippen LogP contribution < -0.4 is 0 Å². The van der Waals surface area contributed by atoms with Crippen LogP contribution in [0.2, 0.25) is 0 Å². The highest BCUT2D eigenvalue weighted by Crippen LogP contribution is 2.15. The summed E-state index contributed by atoms with van der Waals surface area (Å²) in [6, 6.07) is 9.09. The zero-order chi connectivity index (χ0) is 17.6. The van der Waals surface area contributed by atoms with Crippen LogP contribution in [-0.2, 0) is 32.9 Å². The summed E-state index contributed by atoms with van der Waals surface area (Å²) < 4.78 is 40.4. The van der Waals surface area contributed by atoms with Crippen molar-refractivity contribution in [3.05, 3.63) is 54.4 Å². The highest BCUT2D eigenvalue weighted by molar-refractivity contribution is 7.83. The highest BCUT2D eigenvalue weighted by atomic mass is 32.2. The molecular formula is C15H19N3O5S. The number of carbonyl (C=O) groups excluding carboxylic acids is 1. The van der Waals surface area contributed by atoms with E-state index in [1.54, 1.807) is 49.5 Å². The van der Waals surface area contributed by atoms with Crippen molar-refractivity contribution in [1.82, 2.24) is 14.1 Å². The number of rotatable bonds is 8. The maximum Gasteiger partial charge on any atom is 0.337 e. The first-order valence-electron chi connectivity index (χ1n) is 7.34. The van der Waals surface area contributed by atoms with Gasteiger partial charge in [0, 0.05) is 18.9 Å². The van der Waals surface area contributed by atoms with Gasteiger partial charge in [0.15, 0.2) is 0 Å². The molecule has 0 spiro atoms. The molecule has 1 heterocycles. The van der Waals surface area contributed by atoms with Crippen molar-refractivity contribution in [2.75, 3.05) is 6.61 Å². The van der Waals surface area contributed by atoms with E-state index in [-0.39, 0.29) is 19.7 Å². The van der Waals surface area contributed by atoms with Crippen LogP contribution in [0.25, 0.3) is 0 Å². The van der Waals surface area contributed by atoms with Crippen LogP contribution in [0.1, 0.15) is 12.5 Å². The Kier molecular flexibility index (Phi) is 6.07. The molecule has 0 bridgehead atoms. The van der Waals surface area contributed by atoms with E-state index < -0.39 is 22.3 Å². The van der Waals surface area contributed by atoms with E-state index in [1.165, 1.54) is 10.9 Å². The Balaban J connectivity index is 2.34. The summed E-state index contributed by atoms with van der Waals surface area (Å²) in [5.41, 5.74) is 0.630. The molecule has 0 aliphatic heterocycles. The number of hydrogen-bond donors (Lipinski definition) is 1. The average Bonchev–Trinajstić information content (AvgIpc) is 3.04. The van der Waals surface area contributed by atoms with Crippen molar-refractivity contribution in [2.45, 2.75) is 26.1 Å². The van der Waals surface area contributed by atoms with Crippen LogP contribution in [-0.4, -0.2) is 45.7 Å². The summed E-state index contributed by atoms with van der Waals surface area (Å²) in [4.78, 5) is 12.3. The molecule has 2 aromatic rings. The molecule has 1 atom stereocenters. The van der Waals surface area contributed by atoms with Crippen molar-refractivity contribution in [2.24, 2.45) is 0 Å². The van der Waals surface area contributed by atoms with Crippen LogP contribution in [0, 0.1) is 0 Å². The fourth-order valence-corrected chi connectivity index (χ4v) is 3.01. The van der Waals surface area contributed by atoms with Gasteiger partial charge in [-0.15, -0.1) is 0 Å². The molecule has 130 valence electrons. The van der Waals surface area contributed by atoms with Gasteiger partial charge < -0.3 is 4.74 Å².